The topological polar surface area (TPSA) is 22.1 Å². The van der Waals surface area contributed by atoms with Crippen LogP contribution >= 0.6 is 35.0 Å². The first kappa shape index (κ1) is 21.9. The molecule has 2 rings (SSSR count). The van der Waals surface area contributed by atoms with Crippen LogP contribution in [0.4, 0.5) is 13.2 Å². The number of thioether (sulfide) groups is 1. The highest BCUT2D eigenvalue weighted by atomic mass is 35.5. The van der Waals surface area contributed by atoms with E-state index in [4.69, 9.17) is 27.9 Å². The molecule has 2 aromatic rings. The molecule has 0 aliphatic heterocycles. The summed E-state index contributed by atoms with van der Waals surface area (Å²) in [5, 5.41) is 2.45. The van der Waals surface area contributed by atoms with Crippen LogP contribution in [0, 0.1) is 0 Å². The number of aromatic nitrogens is 1. The average molecular weight is 436 g/mol. The van der Waals surface area contributed by atoms with Gasteiger partial charge in [0.25, 0.3) is 0 Å². The molecule has 0 spiro atoms. The Morgan fingerprint density at radius 2 is 1.93 bits per heavy atom. The molecule has 0 unspecified atom stereocenters. The van der Waals surface area contributed by atoms with Gasteiger partial charge in [0.15, 0.2) is 0 Å². The highest BCUT2D eigenvalue weighted by molar-refractivity contribution is 8.11. The Bertz CT molecular complexity index is 923. The number of fused-ring (bicyclic) bond motifs is 1. The summed E-state index contributed by atoms with van der Waals surface area (Å²) in [7, 11) is 1.49. The first-order valence-corrected chi connectivity index (χ1v) is 9.67. The van der Waals surface area contributed by atoms with Gasteiger partial charge in [0.05, 0.1) is 23.3 Å². The zero-order valence-electron chi connectivity index (χ0n) is 15.2. The molecule has 1 heterocycles. The summed E-state index contributed by atoms with van der Waals surface area (Å²) in [6.07, 6.45) is -3.71. The zero-order chi connectivity index (χ0) is 20.4. The molecule has 0 fully saturated rings. The van der Waals surface area contributed by atoms with Crippen LogP contribution in [0.5, 0.6) is 5.75 Å². The number of methoxy groups -OCH3 is 1. The molecule has 1 aromatic carbocycles. The van der Waals surface area contributed by atoms with Crippen LogP contribution in [-0.2, 0) is 0 Å². The molecular formula is C19H18Cl2F3NOS. The molecular weight excluding hydrogens is 418 g/mol. The lowest BCUT2D eigenvalue weighted by atomic mass is 10.1. The molecule has 0 saturated carbocycles. The van der Waals surface area contributed by atoms with E-state index in [-0.39, 0.29) is 0 Å². The lowest BCUT2D eigenvalue weighted by Crippen LogP contribution is -2.08. The number of nitrogens with zero attached hydrogens (tertiary/aromatic N) is 1. The van der Waals surface area contributed by atoms with Gasteiger partial charge in [-0.05, 0) is 43.9 Å². The number of hydrogen-bond donors (Lipinski definition) is 0. The second-order valence-electron chi connectivity index (χ2n) is 5.85. The fourth-order valence-electron chi connectivity index (χ4n) is 2.23. The fraction of sp³-hybridized carbons (Fsp3) is 0.316. The number of hydrogen-bond acceptors (Lipinski definition) is 3. The summed E-state index contributed by atoms with van der Waals surface area (Å²) in [6.45, 7) is 4.81. The minimum absolute atomic E-state index is 0.305. The second kappa shape index (κ2) is 8.76. The van der Waals surface area contributed by atoms with Gasteiger partial charge in [-0.3, -0.25) is 0 Å². The molecule has 0 N–H and O–H groups in total. The number of allylic oxidation sites excluding steroid dienone is 2. The molecule has 146 valence electrons. The Balaban J connectivity index is 2.63. The predicted octanol–water partition coefficient (Wildman–Crippen LogP) is 7.89. The third-order valence-electron chi connectivity index (χ3n) is 4.00. The molecule has 0 amide bonds. The lowest BCUT2D eigenvalue weighted by molar-refractivity contribution is -0.0910. The Hall–Kier alpha value is -1.37. The molecule has 27 heavy (non-hydrogen) atoms. The monoisotopic (exact) mass is 435 g/mol. The van der Waals surface area contributed by atoms with Crippen molar-refractivity contribution in [3.63, 3.8) is 0 Å². The third kappa shape index (κ3) is 4.92. The number of pyridine rings is 1. The smallest absolute Gasteiger partial charge is 0.412 e. The van der Waals surface area contributed by atoms with E-state index in [9.17, 15) is 13.2 Å². The van der Waals surface area contributed by atoms with E-state index in [2.05, 4.69) is 4.98 Å². The van der Waals surface area contributed by atoms with Crippen LogP contribution in [0.25, 0.3) is 15.8 Å². The Labute approximate surface area is 170 Å². The van der Waals surface area contributed by atoms with Crippen molar-refractivity contribution in [1.29, 1.82) is 0 Å². The van der Waals surface area contributed by atoms with Crippen molar-refractivity contribution in [3.8, 4) is 5.75 Å². The van der Waals surface area contributed by atoms with Crippen molar-refractivity contribution < 1.29 is 17.9 Å². The highest BCUT2D eigenvalue weighted by Gasteiger charge is 2.30. The maximum atomic E-state index is 12.8. The lowest BCUT2D eigenvalue weighted by Gasteiger charge is -2.13. The van der Waals surface area contributed by atoms with Gasteiger partial charge >= 0.3 is 6.18 Å². The molecule has 8 heteroatoms. The Morgan fingerprint density at radius 1 is 1.26 bits per heavy atom. The predicted molar refractivity (Wildman–Crippen MR) is 109 cm³/mol. The quantitative estimate of drug-likeness (QED) is 0.476. The van der Waals surface area contributed by atoms with E-state index in [0.29, 0.717) is 43.7 Å². The van der Waals surface area contributed by atoms with E-state index < -0.39 is 11.7 Å². The molecule has 0 aliphatic rings. The van der Waals surface area contributed by atoms with Crippen molar-refractivity contribution in [2.75, 3.05) is 7.11 Å². The Morgan fingerprint density at radius 3 is 2.48 bits per heavy atom. The number of alkyl halides is 3. The third-order valence-corrected chi connectivity index (χ3v) is 5.95. The van der Waals surface area contributed by atoms with E-state index in [0.717, 1.165) is 29.7 Å². The van der Waals surface area contributed by atoms with Crippen molar-refractivity contribution >= 4 is 50.8 Å². The summed E-state index contributed by atoms with van der Waals surface area (Å²) >= 11 is 13.7. The van der Waals surface area contributed by atoms with Crippen LogP contribution in [0.2, 0.25) is 10.0 Å². The van der Waals surface area contributed by atoms with Crippen LogP contribution in [0.15, 0.2) is 34.8 Å². The minimum atomic E-state index is -4.37. The number of benzene rings is 1. The molecule has 0 saturated heterocycles. The van der Waals surface area contributed by atoms with Gasteiger partial charge in [-0.25, -0.2) is 4.98 Å². The van der Waals surface area contributed by atoms with Crippen LogP contribution in [-0.4, -0.2) is 18.3 Å². The minimum Gasteiger partial charge on any atom is -0.495 e. The van der Waals surface area contributed by atoms with Gasteiger partial charge in [-0.1, -0.05) is 47.5 Å². The van der Waals surface area contributed by atoms with Gasteiger partial charge in [0.2, 0.25) is 0 Å². The van der Waals surface area contributed by atoms with Crippen molar-refractivity contribution in [3.05, 3.63) is 50.5 Å². The largest absolute Gasteiger partial charge is 0.495 e. The molecule has 2 nitrogen and oxygen atoms in total. The van der Waals surface area contributed by atoms with E-state index in [1.807, 2.05) is 13.8 Å². The zero-order valence-corrected chi connectivity index (χ0v) is 17.5. The van der Waals surface area contributed by atoms with E-state index in [1.165, 1.54) is 7.11 Å². The first-order valence-electron chi connectivity index (χ1n) is 8.03. The van der Waals surface area contributed by atoms with Crippen molar-refractivity contribution in [2.45, 2.75) is 33.4 Å². The highest BCUT2D eigenvalue weighted by Crippen LogP contribution is 2.40. The van der Waals surface area contributed by atoms with Crippen molar-refractivity contribution in [2.24, 2.45) is 0 Å². The van der Waals surface area contributed by atoms with Gasteiger partial charge in [-0.15, -0.1) is 0 Å². The van der Waals surface area contributed by atoms with Crippen molar-refractivity contribution in [1.82, 2.24) is 4.98 Å². The maximum absolute atomic E-state index is 12.8. The Kier molecular flexibility index (Phi) is 7.11. The molecule has 0 atom stereocenters. The maximum Gasteiger partial charge on any atom is 0.412 e. The summed E-state index contributed by atoms with van der Waals surface area (Å²) in [4.78, 5) is 5.18. The van der Waals surface area contributed by atoms with Gasteiger partial charge in [0.1, 0.15) is 10.8 Å². The fourth-order valence-corrected chi connectivity index (χ4v) is 3.77. The summed E-state index contributed by atoms with van der Waals surface area (Å²) < 4.78 is 43.7. The molecule has 1 aromatic heterocycles. The summed E-state index contributed by atoms with van der Waals surface area (Å²) in [6, 6.07) is 5.08. The SMILES string of the molecule is CCC(C)=C(S/C=C(\C)C(F)(F)F)c1cc(Cl)c2ccc(OC)c(Cl)c2n1. The molecule has 0 aliphatic carbocycles. The summed E-state index contributed by atoms with van der Waals surface area (Å²) in [5.74, 6) is 0.447. The number of halogens is 5. The summed E-state index contributed by atoms with van der Waals surface area (Å²) in [5.41, 5.74) is 1.13. The standard InChI is InChI=1S/C19H18Cl2F3NOS/c1-5-10(2)18(27-9-11(3)19(22,23)24)14-8-13(20)12-6-7-15(26-4)16(21)17(12)25-14/h6-9H,5H2,1-4H3/b11-9+,18-10?. The number of ether oxygens (including phenoxy) is 1. The van der Waals surface area contributed by atoms with Crippen LogP contribution in [0.1, 0.15) is 32.9 Å². The van der Waals surface area contributed by atoms with Crippen LogP contribution in [0.3, 0.4) is 0 Å². The normalized spacial score (nSPS) is 13.7. The van der Waals surface area contributed by atoms with E-state index in [1.54, 1.807) is 18.2 Å². The van der Waals surface area contributed by atoms with Gasteiger partial charge in [-0.2, -0.15) is 13.2 Å². The number of rotatable bonds is 5. The average Bonchev–Trinajstić information content (AvgIpc) is 2.61. The van der Waals surface area contributed by atoms with Crippen LogP contribution < -0.4 is 4.74 Å². The molecule has 0 bridgehead atoms. The first-order chi connectivity index (χ1) is 12.6. The van der Waals surface area contributed by atoms with E-state index >= 15 is 0 Å². The molecule has 0 radical (unpaired) electrons. The van der Waals surface area contributed by atoms with Gasteiger partial charge in [0, 0.05) is 15.9 Å². The van der Waals surface area contributed by atoms with Gasteiger partial charge < -0.3 is 4.74 Å². The second-order valence-corrected chi connectivity index (χ2v) is 7.51.